The Labute approximate surface area is 142 Å². The summed E-state index contributed by atoms with van der Waals surface area (Å²) >= 11 is 0. The Morgan fingerprint density at radius 1 is 1.29 bits per heavy atom. The van der Waals surface area contributed by atoms with Gasteiger partial charge in [0.15, 0.2) is 17.2 Å². The van der Waals surface area contributed by atoms with Gasteiger partial charge in [0.05, 0.1) is 0 Å². The van der Waals surface area contributed by atoms with E-state index in [4.69, 9.17) is 10.5 Å². The van der Waals surface area contributed by atoms with Gasteiger partial charge in [-0.25, -0.2) is 4.98 Å². The Hall–Kier alpha value is -2.31. The van der Waals surface area contributed by atoms with Crippen LogP contribution >= 0.6 is 0 Å². The summed E-state index contributed by atoms with van der Waals surface area (Å²) in [5.74, 6) is 0.648. The summed E-state index contributed by atoms with van der Waals surface area (Å²) in [7, 11) is 0. The highest BCUT2D eigenvalue weighted by molar-refractivity contribution is 6.05. The van der Waals surface area contributed by atoms with Crippen LogP contribution in [0, 0.1) is 0 Å². The van der Waals surface area contributed by atoms with Crippen LogP contribution in [0.1, 0.15) is 40.5 Å². The van der Waals surface area contributed by atoms with E-state index in [1.54, 1.807) is 30.9 Å². The molecule has 0 saturated carbocycles. The molecule has 2 N–H and O–H groups in total. The molecule has 0 aliphatic carbocycles. The number of rotatable bonds is 6. The van der Waals surface area contributed by atoms with Gasteiger partial charge in [0.1, 0.15) is 12.4 Å². The second-order valence-corrected chi connectivity index (χ2v) is 6.44. The van der Waals surface area contributed by atoms with Gasteiger partial charge in [-0.2, -0.15) is 0 Å². The van der Waals surface area contributed by atoms with Gasteiger partial charge < -0.3 is 15.4 Å². The molecule has 1 aromatic rings. The molecule has 132 valence electrons. The fourth-order valence-corrected chi connectivity index (χ4v) is 2.75. The minimum Gasteiger partial charge on any atom is -0.474 e. The predicted molar refractivity (Wildman–Crippen MR) is 92.9 cm³/mol. The number of hydrogen-bond donors (Lipinski definition) is 1. The lowest BCUT2D eigenvalue weighted by Crippen LogP contribution is -2.55. The summed E-state index contributed by atoms with van der Waals surface area (Å²) in [6.45, 7) is 8.70. The molecule has 0 aromatic carbocycles. The maximum Gasteiger partial charge on any atom is 0.272 e. The number of pyridine rings is 1. The zero-order chi connectivity index (χ0) is 17.9. The summed E-state index contributed by atoms with van der Waals surface area (Å²) in [5, 5.41) is 0. The molecule has 24 heavy (non-hydrogen) atoms. The number of nitrogens with two attached hydrogens (primary N) is 1. The molecule has 0 spiro atoms. The first-order valence-electron chi connectivity index (χ1n) is 8.35. The Morgan fingerprint density at radius 3 is 2.50 bits per heavy atom. The summed E-state index contributed by atoms with van der Waals surface area (Å²) in [6, 6.07) is 3.30. The molecule has 2 rings (SSSR count). The van der Waals surface area contributed by atoms with E-state index in [1.165, 1.54) is 4.90 Å². The van der Waals surface area contributed by atoms with Gasteiger partial charge in [-0.1, -0.05) is 13.8 Å². The van der Waals surface area contributed by atoms with Crippen molar-refractivity contribution in [1.82, 2.24) is 9.88 Å². The molecule has 1 aliphatic heterocycles. The molecule has 7 heteroatoms. The van der Waals surface area contributed by atoms with Crippen molar-refractivity contribution in [2.24, 2.45) is 0 Å². The normalized spacial score (nSPS) is 15.7. The Kier molecular flexibility index (Phi) is 5.31. The molecule has 0 fully saturated rings. The van der Waals surface area contributed by atoms with E-state index in [0.29, 0.717) is 24.7 Å². The number of aromatic nitrogens is 1. The molecule has 0 saturated heterocycles. The molecule has 0 radical (unpaired) electrons. The first kappa shape index (κ1) is 18.0. The Morgan fingerprint density at radius 2 is 1.92 bits per heavy atom. The average molecular weight is 334 g/mol. The average Bonchev–Trinajstić information content (AvgIpc) is 2.52. The molecule has 0 atom stereocenters. The van der Waals surface area contributed by atoms with E-state index in [9.17, 15) is 9.59 Å². The molecule has 2 amide bonds. The lowest BCUT2D eigenvalue weighted by molar-refractivity contribution is -0.136. The summed E-state index contributed by atoms with van der Waals surface area (Å²) in [4.78, 5) is 32.8. The number of fused-ring (bicyclic) bond motifs is 1. The second-order valence-electron chi connectivity index (χ2n) is 6.44. The highest BCUT2D eigenvalue weighted by atomic mass is 16.5. The van der Waals surface area contributed by atoms with Crippen LogP contribution in [0.25, 0.3) is 0 Å². The minimum atomic E-state index is -1.05. The second kappa shape index (κ2) is 7.07. The lowest BCUT2D eigenvalue weighted by Gasteiger charge is -2.38. The fourth-order valence-electron chi connectivity index (χ4n) is 2.75. The third-order valence-electron chi connectivity index (χ3n) is 3.87. The quantitative estimate of drug-likeness (QED) is 0.857. The monoisotopic (exact) mass is 334 g/mol. The Bertz CT molecular complexity index is 624. The highest BCUT2D eigenvalue weighted by Crippen LogP contribution is 2.36. The highest BCUT2D eigenvalue weighted by Gasteiger charge is 2.42. The fraction of sp³-hybridized carbons (Fsp3) is 0.588. The van der Waals surface area contributed by atoms with Crippen molar-refractivity contribution in [3.63, 3.8) is 0 Å². The van der Waals surface area contributed by atoms with Crippen LogP contribution in [0.4, 0.5) is 11.6 Å². The zero-order valence-corrected chi connectivity index (χ0v) is 14.8. The molecule has 1 aliphatic rings. The third-order valence-corrected chi connectivity index (χ3v) is 3.87. The van der Waals surface area contributed by atoms with Gasteiger partial charge >= 0.3 is 0 Å². The van der Waals surface area contributed by atoms with Crippen molar-refractivity contribution in [2.75, 3.05) is 30.3 Å². The SMILES string of the molecule is CCCN(CCC)C(=O)CN1C(=O)C(C)(C)Oc2ccc(N)nc21. The topological polar surface area (TPSA) is 88.8 Å². The van der Waals surface area contributed by atoms with Gasteiger partial charge in [0.25, 0.3) is 5.91 Å². The number of nitrogens with zero attached hydrogens (tertiary/aromatic N) is 3. The minimum absolute atomic E-state index is 0.0604. The van der Waals surface area contributed by atoms with Crippen molar-refractivity contribution in [1.29, 1.82) is 0 Å². The van der Waals surface area contributed by atoms with Crippen molar-refractivity contribution in [3.8, 4) is 5.75 Å². The standard InChI is InChI=1S/C17H26N4O3/c1-5-9-20(10-6-2)14(22)11-21-15-12(7-8-13(18)19-15)24-17(3,4)16(21)23/h7-8H,5-6,9-11H2,1-4H3,(H2,18,19). The van der Waals surface area contributed by atoms with Crippen molar-refractivity contribution in [2.45, 2.75) is 46.1 Å². The van der Waals surface area contributed by atoms with E-state index in [1.807, 2.05) is 13.8 Å². The largest absolute Gasteiger partial charge is 0.474 e. The molecule has 2 heterocycles. The number of nitrogen functional groups attached to an aromatic ring is 1. The smallest absolute Gasteiger partial charge is 0.272 e. The maximum atomic E-state index is 12.7. The van der Waals surface area contributed by atoms with Gasteiger partial charge in [-0.15, -0.1) is 0 Å². The summed E-state index contributed by atoms with van der Waals surface area (Å²) in [6.07, 6.45) is 1.74. The van der Waals surface area contributed by atoms with Crippen LogP contribution in [-0.2, 0) is 9.59 Å². The van der Waals surface area contributed by atoms with E-state index in [-0.39, 0.29) is 24.2 Å². The van der Waals surface area contributed by atoms with Gasteiger partial charge in [0.2, 0.25) is 5.91 Å². The number of anilines is 2. The van der Waals surface area contributed by atoms with Crippen molar-refractivity contribution >= 4 is 23.5 Å². The van der Waals surface area contributed by atoms with Crippen molar-refractivity contribution < 1.29 is 14.3 Å². The predicted octanol–water partition coefficient (Wildman–Crippen LogP) is 1.82. The number of carbonyl (C=O) groups excluding carboxylic acids is 2. The Balaban J connectivity index is 2.32. The number of ether oxygens (including phenoxy) is 1. The van der Waals surface area contributed by atoms with Gasteiger partial charge in [-0.3, -0.25) is 14.5 Å². The molecule has 0 unspecified atom stereocenters. The number of hydrogen-bond acceptors (Lipinski definition) is 5. The van der Waals surface area contributed by atoms with Crippen LogP contribution in [-0.4, -0.2) is 46.9 Å². The van der Waals surface area contributed by atoms with Crippen molar-refractivity contribution in [3.05, 3.63) is 12.1 Å². The maximum absolute atomic E-state index is 12.7. The first-order valence-corrected chi connectivity index (χ1v) is 8.35. The zero-order valence-electron chi connectivity index (χ0n) is 14.8. The molecular formula is C17H26N4O3. The first-order chi connectivity index (χ1) is 11.3. The van der Waals surface area contributed by atoms with Crippen LogP contribution in [0.15, 0.2) is 12.1 Å². The number of amides is 2. The van der Waals surface area contributed by atoms with Gasteiger partial charge in [0, 0.05) is 13.1 Å². The van der Waals surface area contributed by atoms with Crippen LogP contribution in [0.5, 0.6) is 5.75 Å². The molecule has 1 aromatic heterocycles. The van der Waals surface area contributed by atoms with E-state index in [0.717, 1.165) is 12.8 Å². The van der Waals surface area contributed by atoms with E-state index >= 15 is 0 Å². The molecule has 7 nitrogen and oxygen atoms in total. The third kappa shape index (κ3) is 3.60. The van der Waals surface area contributed by atoms with Crippen LogP contribution < -0.4 is 15.4 Å². The van der Waals surface area contributed by atoms with Crippen LogP contribution in [0.2, 0.25) is 0 Å². The van der Waals surface area contributed by atoms with E-state index < -0.39 is 5.60 Å². The number of carbonyl (C=O) groups is 2. The summed E-state index contributed by atoms with van der Waals surface area (Å²) < 4.78 is 5.72. The van der Waals surface area contributed by atoms with Gasteiger partial charge in [-0.05, 0) is 38.8 Å². The lowest BCUT2D eigenvalue weighted by atomic mass is 10.1. The van der Waals surface area contributed by atoms with E-state index in [2.05, 4.69) is 4.98 Å². The molecular weight excluding hydrogens is 308 g/mol. The molecule has 0 bridgehead atoms. The summed E-state index contributed by atoms with van der Waals surface area (Å²) in [5.41, 5.74) is 4.69. The van der Waals surface area contributed by atoms with Crippen LogP contribution in [0.3, 0.4) is 0 Å².